The van der Waals surface area contributed by atoms with Gasteiger partial charge >= 0.3 is 59.5 Å². The Morgan fingerprint density at radius 3 is 1.39 bits per heavy atom. The molecule has 0 rings (SSSR count). The number of aliphatic carboxylic acids is 1. The Morgan fingerprint density at radius 1 is 0.722 bits per heavy atom. The summed E-state index contributed by atoms with van der Waals surface area (Å²) in [5, 5.41) is 8.25. The van der Waals surface area contributed by atoms with Crippen LogP contribution < -0.4 is 0 Å². The van der Waals surface area contributed by atoms with E-state index in [4.69, 9.17) is 5.11 Å². The number of halogens is 17. The third-order valence-electron chi connectivity index (χ3n) is 4.04. The van der Waals surface area contributed by atoms with Gasteiger partial charge in [-0.1, -0.05) is 6.58 Å². The van der Waals surface area contributed by atoms with Crippen molar-refractivity contribution in [3.05, 3.63) is 12.2 Å². The number of hydrogen-bond acceptors (Lipinski definition) is 3. The van der Waals surface area contributed by atoms with Crippen molar-refractivity contribution < 1.29 is 94.1 Å². The van der Waals surface area contributed by atoms with Gasteiger partial charge in [-0.05, 0) is 0 Å². The van der Waals surface area contributed by atoms with Crippen LogP contribution in [0.25, 0.3) is 0 Å². The highest BCUT2D eigenvalue weighted by atomic mass is 19.4. The largest absolute Gasteiger partial charge is 0.481 e. The summed E-state index contributed by atoms with van der Waals surface area (Å²) in [7, 11) is 0. The summed E-state index contributed by atoms with van der Waals surface area (Å²) >= 11 is 0. The standard InChI is InChI=1S/C15H9F17O4/c1-4(3-5(33)34)6(35)36-10(21,22)7(16)9(19,20)12(25,26)14(29,30)15(31,32)13(27,28)11(23,24)8(2,17)18/h7H,1,3H2,2H3,(H,33,34). The number of hydrogen-bond donors (Lipinski definition) is 1. The van der Waals surface area contributed by atoms with Gasteiger partial charge in [0.2, 0.25) is 0 Å². The number of ether oxygens (including phenoxy) is 1. The van der Waals surface area contributed by atoms with Crippen LogP contribution >= 0.6 is 0 Å². The molecule has 0 bridgehead atoms. The second-order valence-corrected chi connectivity index (χ2v) is 6.87. The van der Waals surface area contributed by atoms with Crippen LogP contribution in [0.1, 0.15) is 13.3 Å². The van der Waals surface area contributed by atoms with Crippen LogP contribution in [0.4, 0.5) is 74.6 Å². The minimum Gasteiger partial charge on any atom is -0.481 e. The molecule has 0 heterocycles. The number of carbonyl (C=O) groups is 2. The van der Waals surface area contributed by atoms with Crippen molar-refractivity contribution in [2.45, 2.75) is 67.1 Å². The minimum absolute atomic E-state index is 1.30. The Labute approximate surface area is 186 Å². The van der Waals surface area contributed by atoms with E-state index in [2.05, 4.69) is 11.3 Å². The van der Waals surface area contributed by atoms with Crippen LogP contribution in [0, 0.1) is 0 Å². The van der Waals surface area contributed by atoms with Gasteiger partial charge in [0.05, 0.1) is 6.42 Å². The molecule has 0 aromatic carbocycles. The van der Waals surface area contributed by atoms with E-state index in [-0.39, 0.29) is 0 Å². The van der Waals surface area contributed by atoms with E-state index >= 15 is 0 Å². The maximum Gasteiger partial charge on any atom is 0.438 e. The summed E-state index contributed by atoms with van der Waals surface area (Å²) < 4.78 is 229. The normalized spacial score (nSPS) is 15.9. The Bertz CT molecular complexity index is 874. The second kappa shape index (κ2) is 9.10. The fourth-order valence-corrected chi connectivity index (χ4v) is 1.95. The molecule has 1 atom stereocenters. The zero-order chi connectivity index (χ0) is 29.7. The second-order valence-electron chi connectivity index (χ2n) is 6.87. The summed E-state index contributed by atoms with van der Waals surface area (Å²) in [6.45, 7) is 1.11. The Hall–Kier alpha value is -2.51. The van der Waals surface area contributed by atoms with Crippen LogP contribution in [0.3, 0.4) is 0 Å². The van der Waals surface area contributed by atoms with Crippen LogP contribution in [0.5, 0.6) is 0 Å². The maximum atomic E-state index is 13.6. The van der Waals surface area contributed by atoms with E-state index < -0.39 is 84.6 Å². The van der Waals surface area contributed by atoms with Gasteiger partial charge in [-0.25, -0.2) is 9.18 Å². The number of carboxylic acids is 1. The molecule has 0 aliphatic heterocycles. The van der Waals surface area contributed by atoms with E-state index in [9.17, 15) is 84.2 Å². The van der Waals surface area contributed by atoms with E-state index in [1.165, 1.54) is 0 Å². The first-order chi connectivity index (χ1) is 15.4. The highest BCUT2D eigenvalue weighted by molar-refractivity contribution is 5.92. The van der Waals surface area contributed by atoms with Gasteiger partial charge < -0.3 is 9.84 Å². The van der Waals surface area contributed by atoms with Crippen molar-refractivity contribution in [2.75, 3.05) is 0 Å². The maximum absolute atomic E-state index is 13.6. The summed E-state index contributed by atoms with van der Waals surface area (Å²) in [5.41, 5.74) is -1.64. The third-order valence-corrected chi connectivity index (χ3v) is 4.04. The molecule has 0 aromatic rings. The van der Waals surface area contributed by atoms with Crippen LogP contribution in [-0.4, -0.2) is 70.8 Å². The monoisotopic (exact) mass is 576 g/mol. The number of esters is 1. The molecule has 0 aliphatic carbocycles. The topological polar surface area (TPSA) is 63.6 Å². The average Bonchev–Trinajstić information content (AvgIpc) is 2.64. The molecule has 36 heavy (non-hydrogen) atoms. The Morgan fingerprint density at radius 2 is 1.06 bits per heavy atom. The van der Waals surface area contributed by atoms with Crippen molar-refractivity contribution in [3.63, 3.8) is 0 Å². The lowest BCUT2D eigenvalue weighted by Crippen LogP contribution is -2.74. The molecule has 0 saturated heterocycles. The van der Waals surface area contributed by atoms with Crippen LogP contribution in [-0.2, 0) is 14.3 Å². The predicted octanol–water partition coefficient (Wildman–Crippen LogP) is 5.96. The van der Waals surface area contributed by atoms with Crippen molar-refractivity contribution in [1.29, 1.82) is 0 Å². The molecular formula is C15H9F17O4. The number of carbonyl (C=O) groups excluding carboxylic acids is 1. The van der Waals surface area contributed by atoms with Crippen molar-refractivity contribution in [2.24, 2.45) is 0 Å². The van der Waals surface area contributed by atoms with Gasteiger partial charge in [-0.2, -0.15) is 70.2 Å². The lowest BCUT2D eigenvalue weighted by molar-refractivity contribution is -0.449. The molecule has 0 aromatic heterocycles. The van der Waals surface area contributed by atoms with Crippen molar-refractivity contribution in [1.82, 2.24) is 0 Å². The molecule has 0 fully saturated rings. The van der Waals surface area contributed by atoms with Gasteiger partial charge in [0, 0.05) is 12.5 Å². The molecule has 21 heteroatoms. The first-order valence-electron chi connectivity index (χ1n) is 8.17. The molecule has 1 N–H and O–H groups in total. The SMILES string of the molecule is C=C(CC(=O)O)C(=O)OC(F)(F)C(F)C(F)(F)C(F)(F)C(F)(F)C(F)(F)C(F)(F)C(F)(F)C(C)(F)F. The van der Waals surface area contributed by atoms with E-state index in [1.54, 1.807) is 0 Å². The first-order valence-corrected chi connectivity index (χ1v) is 8.17. The van der Waals surface area contributed by atoms with Gasteiger partial charge in [0.1, 0.15) is 0 Å². The highest BCUT2D eigenvalue weighted by Gasteiger charge is 2.93. The molecule has 0 amide bonds. The molecular weight excluding hydrogens is 567 g/mol. The predicted molar refractivity (Wildman–Crippen MR) is 77.6 cm³/mol. The Balaban J connectivity index is 6.53. The van der Waals surface area contributed by atoms with E-state index in [0.29, 0.717) is 0 Å². The van der Waals surface area contributed by atoms with Crippen LogP contribution in [0.15, 0.2) is 12.2 Å². The van der Waals surface area contributed by atoms with Gasteiger partial charge in [0.15, 0.2) is 0 Å². The Kier molecular flexibility index (Phi) is 8.47. The smallest absolute Gasteiger partial charge is 0.438 e. The lowest BCUT2D eigenvalue weighted by atomic mass is 9.88. The lowest BCUT2D eigenvalue weighted by Gasteiger charge is -2.43. The summed E-state index contributed by atoms with van der Waals surface area (Å²) in [4.78, 5) is 21.3. The fraction of sp³-hybridized carbons (Fsp3) is 0.733. The quantitative estimate of drug-likeness (QED) is 0.177. The van der Waals surface area contributed by atoms with Crippen molar-refractivity contribution in [3.8, 4) is 0 Å². The van der Waals surface area contributed by atoms with Crippen LogP contribution in [0.2, 0.25) is 0 Å². The third kappa shape index (κ3) is 5.00. The van der Waals surface area contributed by atoms with E-state index in [0.717, 1.165) is 0 Å². The minimum atomic E-state index is -8.68. The zero-order valence-electron chi connectivity index (χ0n) is 16.6. The average molecular weight is 576 g/mol. The first kappa shape index (κ1) is 33.5. The van der Waals surface area contributed by atoms with Gasteiger partial charge in [-0.3, -0.25) is 4.79 Å². The molecule has 0 aliphatic rings. The number of alkyl halides is 17. The number of rotatable bonds is 12. The number of carboxylic acid groups (broad SMARTS) is 1. The summed E-state index contributed by atoms with van der Waals surface area (Å²) in [5.74, 6) is -61.1. The van der Waals surface area contributed by atoms with Crippen molar-refractivity contribution >= 4 is 11.9 Å². The zero-order valence-corrected chi connectivity index (χ0v) is 16.6. The molecule has 0 spiro atoms. The molecule has 212 valence electrons. The molecule has 0 radical (unpaired) electrons. The fourth-order valence-electron chi connectivity index (χ4n) is 1.95. The molecule has 1 unspecified atom stereocenters. The summed E-state index contributed by atoms with van der Waals surface area (Å²) in [6, 6.07) is 0. The van der Waals surface area contributed by atoms with Gasteiger partial charge in [0.25, 0.3) is 6.17 Å². The highest BCUT2D eigenvalue weighted by Crippen LogP contribution is 2.63. The van der Waals surface area contributed by atoms with E-state index in [1.807, 2.05) is 0 Å². The summed E-state index contributed by atoms with van der Waals surface area (Å²) in [6.07, 6.45) is -14.7. The molecule has 0 saturated carbocycles. The van der Waals surface area contributed by atoms with Gasteiger partial charge in [-0.15, -0.1) is 0 Å². The molecule has 4 nitrogen and oxygen atoms in total.